The Bertz CT molecular complexity index is 518. The normalized spacial score (nSPS) is 56.2. The molecule has 148 valence electrons. The number of fused-ring (bicyclic) bond motifs is 5. The molecule has 11 atom stereocenters. The van der Waals surface area contributed by atoms with E-state index in [1.165, 1.54) is 12.8 Å². The highest BCUT2D eigenvalue weighted by atomic mass is 16.7. The number of methoxy groups -OCH3 is 2. The van der Waals surface area contributed by atoms with E-state index in [1.54, 1.807) is 4.90 Å². The minimum Gasteiger partial charge on any atom is -0.387 e. The van der Waals surface area contributed by atoms with Gasteiger partial charge < -0.3 is 29.0 Å². The van der Waals surface area contributed by atoms with Crippen molar-refractivity contribution in [3.63, 3.8) is 0 Å². The highest BCUT2D eigenvalue weighted by Gasteiger charge is 2.57. The molecule has 2 N–H and O–H groups in total. The number of aliphatic hydroxyl groups excluding tert-OH is 1. The summed E-state index contributed by atoms with van der Waals surface area (Å²) in [7, 11) is 3.65. The van der Waals surface area contributed by atoms with Gasteiger partial charge in [-0.1, -0.05) is 0 Å². The molecule has 26 heavy (non-hydrogen) atoms. The van der Waals surface area contributed by atoms with Crippen LogP contribution in [0.25, 0.3) is 0 Å². The van der Waals surface area contributed by atoms with Crippen molar-refractivity contribution in [2.75, 3.05) is 34.1 Å². The molecule has 0 radical (unpaired) electrons. The van der Waals surface area contributed by atoms with Crippen molar-refractivity contribution < 1.29 is 29.0 Å². The number of quaternary nitrogens is 1. The number of hydrogen-bond donors (Lipinski definition) is 2. The predicted molar refractivity (Wildman–Crippen MR) is 93.7 cm³/mol. The fraction of sp³-hybridized carbons (Fsp3) is 1.00. The number of piperidine rings is 2. The lowest BCUT2D eigenvalue weighted by atomic mass is 9.61. The highest BCUT2D eigenvalue weighted by molar-refractivity contribution is 5.00. The molecule has 6 heteroatoms. The number of hydrogen-bond acceptors (Lipinski definition) is 5. The monoisotopic (exact) mass is 368 g/mol. The molecule has 0 bridgehead atoms. The molecule has 5 rings (SSSR count). The van der Waals surface area contributed by atoms with E-state index in [9.17, 15) is 5.11 Å². The van der Waals surface area contributed by atoms with E-state index in [0.717, 1.165) is 38.3 Å². The summed E-state index contributed by atoms with van der Waals surface area (Å²) in [6, 6.07) is 0.659. The summed E-state index contributed by atoms with van der Waals surface area (Å²) in [6.45, 7) is 2.42. The lowest BCUT2D eigenvalue weighted by Crippen LogP contribution is -3.21. The van der Waals surface area contributed by atoms with Crippen LogP contribution in [-0.4, -0.2) is 75.8 Å². The van der Waals surface area contributed by atoms with E-state index in [1.807, 2.05) is 14.2 Å². The molecule has 3 saturated heterocycles. The van der Waals surface area contributed by atoms with Crippen LogP contribution in [0, 0.1) is 23.7 Å². The molecule has 5 fully saturated rings. The molecule has 0 amide bonds. The first kappa shape index (κ1) is 17.8. The second-order valence-electron chi connectivity index (χ2n) is 9.28. The topological polar surface area (TPSA) is 61.6 Å². The Kier molecular flexibility index (Phi) is 4.78. The number of rotatable bonds is 2. The van der Waals surface area contributed by atoms with E-state index in [0.29, 0.717) is 30.6 Å². The van der Waals surface area contributed by atoms with E-state index in [4.69, 9.17) is 18.9 Å². The minimum absolute atomic E-state index is 0.198. The lowest BCUT2D eigenvalue weighted by Gasteiger charge is -2.55. The van der Waals surface area contributed by atoms with Crippen molar-refractivity contribution in [1.29, 1.82) is 0 Å². The van der Waals surface area contributed by atoms with E-state index in [-0.39, 0.29) is 30.5 Å². The summed E-state index contributed by atoms with van der Waals surface area (Å²) in [5, 5.41) is 10.9. The van der Waals surface area contributed by atoms with Crippen molar-refractivity contribution in [2.24, 2.45) is 23.7 Å². The zero-order chi connectivity index (χ0) is 17.8. The van der Waals surface area contributed by atoms with Gasteiger partial charge in [0, 0.05) is 38.4 Å². The molecule has 2 saturated carbocycles. The molecule has 5 aliphatic rings. The first-order valence-electron chi connectivity index (χ1n) is 10.5. The Morgan fingerprint density at radius 3 is 2.38 bits per heavy atom. The number of nitrogens with one attached hydrogen (secondary N) is 1. The Hall–Kier alpha value is -0.240. The molecule has 2 aliphatic carbocycles. The fourth-order valence-corrected chi connectivity index (χ4v) is 7.19. The van der Waals surface area contributed by atoms with Crippen LogP contribution >= 0.6 is 0 Å². The molecule has 0 spiro atoms. The van der Waals surface area contributed by atoms with Gasteiger partial charge in [0.15, 0.2) is 0 Å². The summed E-state index contributed by atoms with van der Waals surface area (Å²) in [5.41, 5.74) is 0. The van der Waals surface area contributed by atoms with Crippen LogP contribution in [0.2, 0.25) is 0 Å². The van der Waals surface area contributed by atoms with Gasteiger partial charge in [0.25, 0.3) is 0 Å². The standard InChI is InChI=1S/C20H33NO5/c1-23-17-4-3-11-5-15-12-6-18-19(26-10-25-18)7-13(12)16(22)9-21(15)8-14(11)20(17)24-2/h11-20,22H,3-10H2,1-2H3/p+1/t11?,12?,13?,14?,15?,16-,17?,18?,19?,20?/m1/s1. The maximum atomic E-state index is 10.9. The molecule has 0 aromatic rings. The van der Waals surface area contributed by atoms with Gasteiger partial charge in [0.2, 0.25) is 0 Å². The fourth-order valence-electron chi connectivity index (χ4n) is 7.19. The second kappa shape index (κ2) is 6.98. The Labute approximate surface area is 156 Å². The molecular formula is C20H34NO5+. The first-order chi connectivity index (χ1) is 12.7. The molecular weight excluding hydrogens is 334 g/mol. The third-order valence-electron chi connectivity index (χ3n) is 8.39. The third-order valence-corrected chi connectivity index (χ3v) is 8.39. The lowest BCUT2D eigenvalue weighted by molar-refractivity contribution is -0.951. The Morgan fingerprint density at radius 1 is 0.885 bits per heavy atom. The molecule has 3 aliphatic heterocycles. The van der Waals surface area contributed by atoms with E-state index >= 15 is 0 Å². The van der Waals surface area contributed by atoms with Crippen LogP contribution in [0.1, 0.15) is 32.1 Å². The molecule has 6 nitrogen and oxygen atoms in total. The Morgan fingerprint density at radius 2 is 1.65 bits per heavy atom. The van der Waals surface area contributed by atoms with Crippen LogP contribution in [0.5, 0.6) is 0 Å². The van der Waals surface area contributed by atoms with Crippen LogP contribution in [0.3, 0.4) is 0 Å². The van der Waals surface area contributed by atoms with Crippen molar-refractivity contribution in [3.05, 3.63) is 0 Å². The van der Waals surface area contributed by atoms with Crippen LogP contribution in [0.15, 0.2) is 0 Å². The Balaban J connectivity index is 1.36. The molecule has 3 heterocycles. The van der Waals surface area contributed by atoms with Gasteiger partial charge in [-0.25, -0.2) is 0 Å². The van der Waals surface area contributed by atoms with Gasteiger partial charge in [-0.3, -0.25) is 0 Å². The predicted octanol–water partition coefficient (Wildman–Crippen LogP) is -0.158. The molecule has 10 unspecified atom stereocenters. The van der Waals surface area contributed by atoms with Gasteiger partial charge in [-0.15, -0.1) is 0 Å². The van der Waals surface area contributed by atoms with Crippen molar-refractivity contribution in [3.8, 4) is 0 Å². The number of ether oxygens (including phenoxy) is 4. The molecule has 0 aromatic heterocycles. The van der Waals surface area contributed by atoms with Crippen LogP contribution < -0.4 is 4.90 Å². The van der Waals surface area contributed by atoms with Gasteiger partial charge in [0.1, 0.15) is 19.4 Å². The van der Waals surface area contributed by atoms with Gasteiger partial charge in [-0.2, -0.15) is 0 Å². The van der Waals surface area contributed by atoms with Crippen LogP contribution in [0.4, 0.5) is 0 Å². The molecule has 0 aromatic carbocycles. The highest BCUT2D eigenvalue weighted by Crippen LogP contribution is 2.45. The van der Waals surface area contributed by atoms with Crippen molar-refractivity contribution in [1.82, 2.24) is 0 Å². The van der Waals surface area contributed by atoms with Crippen molar-refractivity contribution in [2.45, 2.75) is 68.7 Å². The maximum Gasteiger partial charge on any atom is 0.147 e. The van der Waals surface area contributed by atoms with E-state index < -0.39 is 0 Å². The zero-order valence-corrected chi connectivity index (χ0v) is 16.0. The summed E-state index contributed by atoms with van der Waals surface area (Å²) in [5.74, 6) is 2.24. The smallest absolute Gasteiger partial charge is 0.147 e. The van der Waals surface area contributed by atoms with Crippen LogP contribution in [-0.2, 0) is 18.9 Å². The van der Waals surface area contributed by atoms with E-state index in [2.05, 4.69) is 0 Å². The zero-order valence-electron chi connectivity index (χ0n) is 16.0. The number of aliphatic hydroxyl groups is 1. The second-order valence-corrected chi connectivity index (χ2v) is 9.28. The van der Waals surface area contributed by atoms with Gasteiger partial charge in [0.05, 0.1) is 37.0 Å². The average Bonchev–Trinajstić information content (AvgIpc) is 3.12. The summed E-state index contributed by atoms with van der Waals surface area (Å²) in [4.78, 5) is 1.59. The van der Waals surface area contributed by atoms with Gasteiger partial charge in [-0.05, 0) is 31.6 Å². The SMILES string of the molecule is COC1CCC2CC3C4CC5OCOC5CC4[C@H](O)C[NH+]3CC2C1OC. The summed E-state index contributed by atoms with van der Waals surface area (Å²) < 4.78 is 23.2. The quantitative estimate of drug-likeness (QED) is 0.709. The maximum absolute atomic E-state index is 10.9. The van der Waals surface area contributed by atoms with Gasteiger partial charge >= 0.3 is 0 Å². The first-order valence-corrected chi connectivity index (χ1v) is 10.5. The summed E-state index contributed by atoms with van der Waals surface area (Å²) >= 11 is 0. The summed E-state index contributed by atoms with van der Waals surface area (Å²) in [6.07, 6.45) is 6.32. The van der Waals surface area contributed by atoms with Crippen molar-refractivity contribution >= 4 is 0 Å². The average molecular weight is 368 g/mol. The minimum atomic E-state index is -0.212. The third kappa shape index (κ3) is 2.76. The largest absolute Gasteiger partial charge is 0.387 e.